The van der Waals surface area contributed by atoms with Crippen molar-refractivity contribution < 1.29 is 14.6 Å². The van der Waals surface area contributed by atoms with Gasteiger partial charge < -0.3 is 20.1 Å². The van der Waals surface area contributed by atoms with Gasteiger partial charge in [0.2, 0.25) is 0 Å². The van der Waals surface area contributed by atoms with Crippen molar-refractivity contribution in [2.75, 3.05) is 32.6 Å². The standard InChI is InChI=1S/C29H32N4O3/c1-18-7-6-8-23(15-18)19(2)30-28-25-16-24(27(36-5)17-26(25)31-20(3)32-28)21-9-11-22(12-10-21)29(35)33(4)13-14-34/h6-12,15-17,19,34H,13-14H2,1-5H3,(H,30,31,32)/t19-/m1/s1. The fourth-order valence-electron chi connectivity index (χ4n) is 4.27. The maximum atomic E-state index is 12.6. The summed E-state index contributed by atoms with van der Waals surface area (Å²) in [5.41, 5.74) is 5.53. The molecule has 0 spiro atoms. The Balaban J connectivity index is 1.74. The quantitative estimate of drug-likeness (QED) is 0.359. The molecule has 0 aliphatic carbocycles. The molecule has 7 nitrogen and oxygen atoms in total. The molecule has 2 N–H and O–H groups in total. The van der Waals surface area contributed by atoms with Gasteiger partial charge in [-0.25, -0.2) is 9.97 Å². The Morgan fingerprint density at radius 1 is 1.08 bits per heavy atom. The highest BCUT2D eigenvalue weighted by atomic mass is 16.5. The normalized spacial score (nSPS) is 11.8. The van der Waals surface area contributed by atoms with Gasteiger partial charge in [-0.2, -0.15) is 0 Å². The highest BCUT2D eigenvalue weighted by molar-refractivity contribution is 5.97. The highest BCUT2D eigenvalue weighted by Crippen LogP contribution is 2.36. The van der Waals surface area contributed by atoms with Crippen LogP contribution in [0.1, 0.15) is 40.3 Å². The van der Waals surface area contributed by atoms with Crippen molar-refractivity contribution in [2.45, 2.75) is 26.8 Å². The van der Waals surface area contributed by atoms with E-state index in [1.54, 1.807) is 26.3 Å². The Labute approximate surface area is 211 Å². The Morgan fingerprint density at radius 3 is 2.50 bits per heavy atom. The number of rotatable bonds is 8. The van der Waals surface area contributed by atoms with E-state index in [1.807, 2.05) is 31.2 Å². The summed E-state index contributed by atoms with van der Waals surface area (Å²) in [7, 11) is 3.31. The number of methoxy groups -OCH3 is 1. The second kappa shape index (κ2) is 10.7. The number of hydrogen-bond donors (Lipinski definition) is 2. The minimum absolute atomic E-state index is 0.0501. The largest absolute Gasteiger partial charge is 0.496 e. The number of anilines is 1. The molecule has 7 heteroatoms. The van der Waals surface area contributed by atoms with Gasteiger partial charge in [0, 0.05) is 42.2 Å². The SMILES string of the molecule is COc1cc2nc(C)nc(N[C@H](C)c3cccc(C)c3)c2cc1-c1ccc(C(=O)N(C)CCO)cc1. The van der Waals surface area contributed by atoms with E-state index >= 15 is 0 Å². The van der Waals surface area contributed by atoms with Crippen LogP contribution >= 0.6 is 0 Å². The van der Waals surface area contributed by atoms with Crippen LogP contribution in [0.4, 0.5) is 5.82 Å². The van der Waals surface area contributed by atoms with Crippen LogP contribution in [0.25, 0.3) is 22.0 Å². The van der Waals surface area contributed by atoms with Gasteiger partial charge in [-0.1, -0.05) is 42.0 Å². The number of carbonyl (C=O) groups excluding carboxylic acids is 1. The average molecular weight is 485 g/mol. The molecule has 0 aliphatic rings. The summed E-state index contributed by atoms with van der Waals surface area (Å²) in [6.07, 6.45) is 0. The van der Waals surface area contributed by atoms with Crippen LogP contribution in [0.3, 0.4) is 0 Å². The zero-order valence-electron chi connectivity index (χ0n) is 21.4. The van der Waals surface area contributed by atoms with Crippen molar-refractivity contribution >= 4 is 22.6 Å². The molecule has 1 aromatic heterocycles. The lowest BCUT2D eigenvalue weighted by Crippen LogP contribution is -2.29. The lowest BCUT2D eigenvalue weighted by Gasteiger charge is -2.19. The molecular weight excluding hydrogens is 452 g/mol. The van der Waals surface area contributed by atoms with E-state index in [0.29, 0.717) is 17.1 Å². The predicted molar refractivity (Wildman–Crippen MR) is 144 cm³/mol. The van der Waals surface area contributed by atoms with E-state index in [2.05, 4.69) is 48.4 Å². The zero-order chi connectivity index (χ0) is 25.8. The molecule has 4 rings (SSSR count). The zero-order valence-corrected chi connectivity index (χ0v) is 21.4. The molecule has 0 fully saturated rings. The predicted octanol–water partition coefficient (Wildman–Crippen LogP) is 5.16. The highest BCUT2D eigenvalue weighted by Gasteiger charge is 2.17. The van der Waals surface area contributed by atoms with E-state index in [0.717, 1.165) is 27.8 Å². The topological polar surface area (TPSA) is 87.6 Å². The van der Waals surface area contributed by atoms with Crippen LogP contribution < -0.4 is 10.1 Å². The van der Waals surface area contributed by atoms with Crippen molar-refractivity contribution in [1.29, 1.82) is 0 Å². The first-order valence-electron chi connectivity index (χ1n) is 12.0. The van der Waals surface area contributed by atoms with Gasteiger partial charge in [-0.15, -0.1) is 0 Å². The number of fused-ring (bicyclic) bond motifs is 1. The van der Waals surface area contributed by atoms with Gasteiger partial charge in [0.1, 0.15) is 17.4 Å². The molecule has 0 saturated heterocycles. The van der Waals surface area contributed by atoms with E-state index < -0.39 is 0 Å². The number of amides is 1. The second-order valence-electron chi connectivity index (χ2n) is 9.00. The number of likely N-dealkylation sites (N-methyl/N-ethyl adjacent to an activating group) is 1. The van der Waals surface area contributed by atoms with Crippen molar-refractivity contribution in [3.05, 3.63) is 83.2 Å². The molecule has 0 saturated carbocycles. The molecule has 0 radical (unpaired) electrons. The maximum Gasteiger partial charge on any atom is 0.253 e. The molecule has 0 bridgehead atoms. The molecule has 0 unspecified atom stereocenters. The first-order valence-corrected chi connectivity index (χ1v) is 12.0. The number of benzene rings is 3. The van der Waals surface area contributed by atoms with Gasteiger partial charge in [0.05, 0.1) is 19.2 Å². The van der Waals surface area contributed by atoms with E-state index in [4.69, 9.17) is 14.8 Å². The van der Waals surface area contributed by atoms with Crippen LogP contribution in [-0.2, 0) is 0 Å². The van der Waals surface area contributed by atoms with Crippen LogP contribution in [0.5, 0.6) is 5.75 Å². The van der Waals surface area contributed by atoms with Crippen LogP contribution in [0, 0.1) is 13.8 Å². The molecular formula is C29H32N4O3. The van der Waals surface area contributed by atoms with Crippen LogP contribution in [0.2, 0.25) is 0 Å². The minimum Gasteiger partial charge on any atom is -0.496 e. The number of ether oxygens (including phenoxy) is 1. The number of aliphatic hydroxyl groups is 1. The number of nitrogens with one attached hydrogen (secondary N) is 1. The van der Waals surface area contributed by atoms with Crippen LogP contribution in [0.15, 0.2) is 60.7 Å². The number of aromatic nitrogens is 2. The molecule has 1 atom stereocenters. The lowest BCUT2D eigenvalue weighted by molar-refractivity contribution is 0.0767. The molecule has 3 aromatic carbocycles. The van der Waals surface area contributed by atoms with Gasteiger partial charge in [0.15, 0.2) is 0 Å². The summed E-state index contributed by atoms with van der Waals surface area (Å²) in [6.45, 7) is 6.30. The summed E-state index contributed by atoms with van der Waals surface area (Å²) < 4.78 is 5.72. The molecule has 36 heavy (non-hydrogen) atoms. The third kappa shape index (κ3) is 5.31. The summed E-state index contributed by atoms with van der Waals surface area (Å²) in [6, 6.07) is 19.8. The van der Waals surface area contributed by atoms with Gasteiger partial charge >= 0.3 is 0 Å². The third-order valence-corrected chi connectivity index (χ3v) is 6.25. The first-order chi connectivity index (χ1) is 17.3. The summed E-state index contributed by atoms with van der Waals surface area (Å²) in [4.78, 5) is 23.4. The third-order valence-electron chi connectivity index (χ3n) is 6.25. The van der Waals surface area contributed by atoms with Gasteiger partial charge in [-0.3, -0.25) is 4.79 Å². The molecule has 0 aliphatic heterocycles. The van der Waals surface area contributed by atoms with Crippen LogP contribution in [-0.4, -0.2) is 53.2 Å². The average Bonchev–Trinajstić information content (AvgIpc) is 2.87. The molecule has 1 heterocycles. The first kappa shape index (κ1) is 25.1. The number of hydrogen-bond acceptors (Lipinski definition) is 6. The van der Waals surface area contributed by atoms with Gasteiger partial charge in [-0.05, 0) is 50.1 Å². The van der Waals surface area contributed by atoms with E-state index in [9.17, 15) is 4.79 Å². The number of nitrogens with zero attached hydrogens (tertiary/aromatic N) is 3. The summed E-state index contributed by atoms with van der Waals surface area (Å²) in [5, 5.41) is 13.6. The minimum atomic E-state index is -0.137. The smallest absolute Gasteiger partial charge is 0.253 e. The number of carbonyl (C=O) groups is 1. The van der Waals surface area contributed by atoms with Crippen molar-refractivity contribution in [3.8, 4) is 16.9 Å². The number of aliphatic hydroxyl groups excluding tert-OH is 1. The Morgan fingerprint density at radius 2 is 1.83 bits per heavy atom. The Kier molecular flexibility index (Phi) is 7.50. The molecule has 186 valence electrons. The number of aryl methyl sites for hydroxylation is 2. The van der Waals surface area contributed by atoms with Crippen molar-refractivity contribution in [1.82, 2.24) is 14.9 Å². The lowest BCUT2D eigenvalue weighted by atomic mass is 10.00. The van der Waals surface area contributed by atoms with Crippen molar-refractivity contribution in [3.63, 3.8) is 0 Å². The second-order valence-corrected chi connectivity index (χ2v) is 9.00. The molecule has 1 amide bonds. The molecule has 4 aromatic rings. The maximum absolute atomic E-state index is 12.6. The van der Waals surface area contributed by atoms with E-state index in [-0.39, 0.29) is 25.1 Å². The summed E-state index contributed by atoms with van der Waals surface area (Å²) in [5.74, 6) is 1.98. The monoisotopic (exact) mass is 484 g/mol. The fourth-order valence-corrected chi connectivity index (χ4v) is 4.27. The van der Waals surface area contributed by atoms with Crippen molar-refractivity contribution in [2.24, 2.45) is 0 Å². The van der Waals surface area contributed by atoms with E-state index in [1.165, 1.54) is 16.0 Å². The Hall–Kier alpha value is -3.97. The fraction of sp³-hybridized carbons (Fsp3) is 0.276. The Bertz CT molecular complexity index is 1390. The summed E-state index contributed by atoms with van der Waals surface area (Å²) >= 11 is 0. The van der Waals surface area contributed by atoms with Gasteiger partial charge in [0.25, 0.3) is 5.91 Å².